The molecule has 0 saturated carbocycles. The third kappa shape index (κ3) is 4.22. The van der Waals surface area contributed by atoms with Gasteiger partial charge >= 0.3 is 0 Å². The molecule has 1 unspecified atom stereocenters. The standard InChI is InChI=1S/C22H24N4O2/c1-16-24-25-22(28-16)20(17-8-3-2-4-9-17)15-21(27)23-18-10-7-11-19(14-18)26-12-5-6-13-26/h2-4,7-11,14,20H,5-6,12-13,15H2,1H3,(H,23,27). The Balaban J connectivity index is 1.50. The maximum Gasteiger partial charge on any atom is 0.225 e. The molecule has 6 nitrogen and oxygen atoms in total. The minimum absolute atomic E-state index is 0.0803. The normalized spacial score (nSPS) is 14.8. The van der Waals surface area contributed by atoms with Gasteiger partial charge in [-0.2, -0.15) is 0 Å². The van der Waals surface area contributed by atoms with Gasteiger partial charge in [0.25, 0.3) is 0 Å². The number of nitrogens with one attached hydrogen (secondary N) is 1. The molecule has 1 amide bonds. The Labute approximate surface area is 164 Å². The number of hydrogen-bond donors (Lipinski definition) is 1. The number of benzene rings is 2. The first-order valence-corrected chi connectivity index (χ1v) is 9.69. The van der Waals surface area contributed by atoms with Gasteiger partial charge in [-0.15, -0.1) is 10.2 Å². The maximum absolute atomic E-state index is 12.8. The van der Waals surface area contributed by atoms with Crippen LogP contribution < -0.4 is 10.2 Å². The van der Waals surface area contributed by atoms with Crippen LogP contribution in [0.2, 0.25) is 0 Å². The van der Waals surface area contributed by atoms with Gasteiger partial charge in [-0.05, 0) is 36.6 Å². The first-order chi connectivity index (χ1) is 13.7. The summed E-state index contributed by atoms with van der Waals surface area (Å²) in [5.74, 6) is 0.603. The van der Waals surface area contributed by atoms with Crippen molar-refractivity contribution in [2.24, 2.45) is 0 Å². The van der Waals surface area contributed by atoms with Crippen molar-refractivity contribution in [3.05, 3.63) is 71.9 Å². The molecule has 28 heavy (non-hydrogen) atoms. The molecular formula is C22H24N4O2. The van der Waals surface area contributed by atoms with Crippen LogP contribution in [-0.4, -0.2) is 29.2 Å². The highest BCUT2D eigenvalue weighted by atomic mass is 16.4. The third-order valence-corrected chi connectivity index (χ3v) is 5.03. The number of hydrogen-bond acceptors (Lipinski definition) is 5. The van der Waals surface area contributed by atoms with Crippen LogP contribution in [0.25, 0.3) is 0 Å². The van der Waals surface area contributed by atoms with Gasteiger partial charge in [0.15, 0.2) is 0 Å². The van der Waals surface area contributed by atoms with E-state index in [9.17, 15) is 4.79 Å². The molecule has 2 heterocycles. The number of aromatic nitrogens is 2. The Kier molecular flexibility index (Phi) is 5.37. The van der Waals surface area contributed by atoms with E-state index in [0.717, 1.165) is 30.0 Å². The lowest BCUT2D eigenvalue weighted by atomic mass is 9.95. The molecule has 1 aliphatic heterocycles. The Morgan fingerprint density at radius 1 is 1.11 bits per heavy atom. The summed E-state index contributed by atoms with van der Waals surface area (Å²) in [6, 6.07) is 17.8. The fourth-order valence-electron chi connectivity index (χ4n) is 3.64. The molecule has 6 heteroatoms. The molecule has 0 aliphatic carbocycles. The van der Waals surface area contributed by atoms with Crippen molar-refractivity contribution in [3.63, 3.8) is 0 Å². The molecule has 0 spiro atoms. The smallest absolute Gasteiger partial charge is 0.225 e. The van der Waals surface area contributed by atoms with Gasteiger partial charge < -0.3 is 14.6 Å². The van der Waals surface area contributed by atoms with Crippen LogP contribution in [-0.2, 0) is 4.79 Å². The van der Waals surface area contributed by atoms with E-state index in [-0.39, 0.29) is 18.2 Å². The topological polar surface area (TPSA) is 71.3 Å². The molecule has 4 rings (SSSR count). The SMILES string of the molecule is Cc1nnc(C(CC(=O)Nc2cccc(N3CCCC3)c2)c2ccccc2)o1. The van der Waals surface area contributed by atoms with E-state index in [0.29, 0.717) is 11.8 Å². The van der Waals surface area contributed by atoms with Crippen molar-refractivity contribution in [2.75, 3.05) is 23.3 Å². The zero-order valence-corrected chi connectivity index (χ0v) is 16.0. The monoisotopic (exact) mass is 376 g/mol. The van der Waals surface area contributed by atoms with E-state index in [1.54, 1.807) is 6.92 Å². The molecule has 1 N–H and O–H groups in total. The van der Waals surface area contributed by atoms with Crippen molar-refractivity contribution in [1.82, 2.24) is 10.2 Å². The fraction of sp³-hybridized carbons (Fsp3) is 0.318. The van der Waals surface area contributed by atoms with Crippen molar-refractivity contribution in [3.8, 4) is 0 Å². The predicted molar refractivity (Wildman–Crippen MR) is 108 cm³/mol. The highest BCUT2D eigenvalue weighted by Gasteiger charge is 2.23. The van der Waals surface area contributed by atoms with E-state index >= 15 is 0 Å². The van der Waals surface area contributed by atoms with Crippen LogP contribution in [0.4, 0.5) is 11.4 Å². The first-order valence-electron chi connectivity index (χ1n) is 9.69. The Bertz CT molecular complexity index is 932. The molecule has 1 atom stereocenters. The molecule has 0 radical (unpaired) electrons. The molecule has 1 fully saturated rings. The fourth-order valence-corrected chi connectivity index (χ4v) is 3.64. The van der Waals surface area contributed by atoms with Gasteiger partial charge in [0.05, 0.1) is 5.92 Å². The zero-order chi connectivity index (χ0) is 19.3. The lowest BCUT2D eigenvalue weighted by Crippen LogP contribution is -2.19. The highest BCUT2D eigenvalue weighted by molar-refractivity contribution is 5.92. The van der Waals surface area contributed by atoms with Crippen LogP contribution in [0, 0.1) is 6.92 Å². The van der Waals surface area contributed by atoms with E-state index < -0.39 is 0 Å². The molecular weight excluding hydrogens is 352 g/mol. The lowest BCUT2D eigenvalue weighted by Gasteiger charge is -2.19. The molecule has 2 aromatic carbocycles. The molecule has 0 bridgehead atoms. The second-order valence-corrected chi connectivity index (χ2v) is 7.12. The number of carbonyl (C=O) groups excluding carboxylic acids is 1. The largest absolute Gasteiger partial charge is 0.425 e. The summed E-state index contributed by atoms with van der Waals surface area (Å²) < 4.78 is 5.63. The van der Waals surface area contributed by atoms with E-state index in [1.165, 1.54) is 12.8 Å². The minimum atomic E-state index is -0.274. The zero-order valence-electron chi connectivity index (χ0n) is 16.0. The van der Waals surface area contributed by atoms with Crippen molar-refractivity contribution >= 4 is 17.3 Å². The summed E-state index contributed by atoms with van der Waals surface area (Å²) in [7, 11) is 0. The van der Waals surface area contributed by atoms with Crippen LogP contribution in [0.15, 0.2) is 59.0 Å². The van der Waals surface area contributed by atoms with Gasteiger partial charge in [-0.25, -0.2) is 0 Å². The second kappa shape index (κ2) is 8.25. The van der Waals surface area contributed by atoms with Crippen molar-refractivity contribution in [2.45, 2.75) is 32.1 Å². The summed E-state index contributed by atoms with van der Waals surface area (Å²) in [6.45, 7) is 3.90. The Hall–Kier alpha value is -3.15. The van der Waals surface area contributed by atoms with Crippen LogP contribution in [0.3, 0.4) is 0 Å². The molecule has 1 aromatic heterocycles. The van der Waals surface area contributed by atoms with Gasteiger partial charge in [0, 0.05) is 37.8 Å². The van der Waals surface area contributed by atoms with E-state index in [2.05, 4.69) is 26.5 Å². The van der Waals surface area contributed by atoms with Crippen LogP contribution >= 0.6 is 0 Å². The summed E-state index contributed by atoms with van der Waals surface area (Å²) >= 11 is 0. The van der Waals surface area contributed by atoms with Crippen molar-refractivity contribution in [1.29, 1.82) is 0 Å². The number of rotatable bonds is 6. The first kappa shape index (κ1) is 18.2. The molecule has 3 aromatic rings. The Morgan fingerprint density at radius 3 is 2.61 bits per heavy atom. The summed E-state index contributed by atoms with van der Waals surface area (Å²) in [5, 5.41) is 11.1. The van der Waals surface area contributed by atoms with Gasteiger partial charge in [-0.1, -0.05) is 36.4 Å². The average molecular weight is 376 g/mol. The van der Waals surface area contributed by atoms with Crippen LogP contribution in [0.5, 0.6) is 0 Å². The van der Waals surface area contributed by atoms with Crippen molar-refractivity contribution < 1.29 is 9.21 Å². The number of anilines is 2. The molecule has 1 aliphatic rings. The Morgan fingerprint density at radius 2 is 1.89 bits per heavy atom. The maximum atomic E-state index is 12.8. The van der Waals surface area contributed by atoms with Gasteiger partial charge in [0.2, 0.25) is 17.7 Å². The summed E-state index contributed by atoms with van der Waals surface area (Å²) in [6.07, 6.45) is 2.68. The molecule has 144 valence electrons. The van der Waals surface area contributed by atoms with Crippen LogP contribution in [0.1, 0.15) is 42.5 Å². The summed E-state index contributed by atoms with van der Waals surface area (Å²) in [5.41, 5.74) is 2.94. The number of amides is 1. The predicted octanol–water partition coefficient (Wildman–Crippen LogP) is 4.14. The number of nitrogens with zero attached hydrogens (tertiary/aromatic N) is 3. The van der Waals surface area contributed by atoms with E-state index in [4.69, 9.17) is 4.42 Å². The average Bonchev–Trinajstić information content (AvgIpc) is 3.39. The minimum Gasteiger partial charge on any atom is -0.425 e. The lowest BCUT2D eigenvalue weighted by molar-refractivity contribution is -0.116. The van der Waals surface area contributed by atoms with Gasteiger partial charge in [0.1, 0.15) is 0 Å². The third-order valence-electron chi connectivity index (χ3n) is 5.03. The molecule has 1 saturated heterocycles. The number of aryl methyl sites for hydroxylation is 1. The van der Waals surface area contributed by atoms with Gasteiger partial charge in [-0.3, -0.25) is 4.79 Å². The highest BCUT2D eigenvalue weighted by Crippen LogP contribution is 2.28. The number of carbonyl (C=O) groups is 1. The quantitative estimate of drug-likeness (QED) is 0.700. The second-order valence-electron chi connectivity index (χ2n) is 7.12. The summed E-state index contributed by atoms with van der Waals surface area (Å²) in [4.78, 5) is 15.1. The van der Waals surface area contributed by atoms with E-state index in [1.807, 2.05) is 48.5 Å².